The van der Waals surface area contributed by atoms with Crippen LogP contribution in [0.2, 0.25) is 0 Å². The number of fused-ring (bicyclic) bond motifs is 1. The predicted octanol–water partition coefficient (Wildman–Crippen LogP) is 5.22. The van der Waals surface area contributed by atoms with E-state index in [1.54, 1.807) is 6.26 Å². The summed E-state index contributed by atoms with van der Waals surface area (Å²) >= 11 is 0. The van der Waals surface area contributed by atoms with Crippen molar-refractivity contribution in [1.82, 2.24) is 30.4 Å². The van der Waals surface area contributed by atoms with Gasteiger partial charge in [0.15, 0.2) is 5.82 Å². The van der Waals surface area contributed by atoms with Crippen LogP contribution in [0.3, 0.4) is 0 Å². The van der Waals surface area contributed by atoms with Crippen LogP contribution in [0.4, 0.5) is 13.2 Å². The molecular formula is C33H35F3N6O4. The van der Waals surface area contributed by atoms with Crippen LogP contribution in [0.25, 0.3) is 10.9 Å². The fourth-order valence-electron chi connectivity index (χ4n) is 5.52. The van der Waals surface area contributed by atoms with E-state index in [0.29, 0.717) is 13.0 Å². The van der Waals surface area contributed by atoms with Crippen LogP contribution < -0.4 is 10.6 Å². The molecule has 1 fully saturated rings. The summed E-state index contributed by atoms with van der Waals surface area (Å²) in [6.45, 7) is 2.24. The van der Waals surface area contributed by atoms with Crippen LogP contribution >= 0.6 is 0 Å². The molecule has 4 heterocycles. The Hall–Kier alpha value is -4.91. The molecule has 1 saturated heterocycles. The van der Waals surface area contributed by atoms with Crippen molar-refractivity contribution in [3.63, 3.8) is 0 Å². The number of carbonyl (C=O) groups is 2. The Labute approximate surface area is 263 Å². The second-order valence-corrected chi connectivity index (χ2v) is 11.1. The van der Waals surface area contributed by atoms with Crippen molar-refractivity contribution in [3.05, 3.63) is 108 Å². The average Bonchev–Trinajstić information content (AvgIpc) is 3.82. The Morgan fingerprint density at radius 3 is 2.41 bits per heavy atom. The number of aromatic amines is 1. The molecule has 1 aliphatic heterocycles. The third-order valence-electron chi connectivity index (χ3n) is 7.91. The van der Waals surface area contributed by atoms with Gasteiger partial charge in [-0.3, -0.25) is 4.79 Å². The Morgan fingerprint density at radius 2 is 1.72 bits per heavy atom. The first-order valence-corrected chi connectivity index (χ1v) is 15.0. The smallest absolute Gasteiger partial charge is 0.475 e. The number of halogens is 3. The topological polar surface area (TPSA) is 138 Å². The third-order valence-corrected chi connectivity index (χ3v) is 7.91. The number of carbonyl (C=O) groups excluding carboxylic acids is 1. The number of benzene rings is 2. The lowest BCUT2D eigenvalue weighted by Crippen LogP contribution is -2.41. The molecule has 242 valence electrons. The van der Waals surface area contributed by atoms with Gasteiger partial charge in [0.05, 0.1) is 18.8 Å². The predicted molar refractivity (Wildman–Crippen MR) is 164 cm³/mol. The Bertz CT molecular complexity index is 1710. The van der Waals surface area contributed by atoms with E-state index in [0.717, 1.165) is 72.6 Å². The molecule has 2 aromatic carbocycles. The van der Waals surface area contributed by atoms with E-state index in [9.17, 15) is 18.0 Å². The van der Waals surface area contributed by atoms with Crippen LogP contribution in [0, 0.1) is 5.92 Å². The quantitative estimate of drug-likeness (QED) is 0.165. The van der Waals surface area contributed by atoms with E-state index in [1.807, 2.05) is 36.5 Å². The molecule has 13 heteroatoms. The van der Waals surface area contributed by atoms with Gasteiger partial charge in [-0.05, 0) is 61.7 Å². The number of furan rings is 1. The molecule has 0 spiro atoms. The average molecular weight is 637 g/mol. The highest BCUT2D eigenvalue weighted by Crippen LogP contribution is 2.26. The molecule has 0 aliphatic carbocycles. The molecule has 0 saturated carbocycles. The van der Waals surface area contributed by atoms with Crippen molar-refractivity contribution in [2.75, 3.05) is 13.1 Å². The van der Waals surface area contributed by atoms with Gasteiger partial charge < -0.3 is 29.7 Å². The van der Waals surface area contributed by atoms with Gasteiger partial charge in [0.1, 0.15) is 11.6 Å². The molecule has 5 aromatic rings. The molecule has 46 heavy (non-hydrogen) atoms. The van der Waals surface area contributed by atoms with Crippen LogP contribution in [0.1, 0.15) is 47.4 Å². The second kappa shape index (κ2) is 14.9. The minimum atomic E-state index is -5.08. The van der Waals surface area contributed by atoms with E-state index in [1.165, 1.54) is 5.56 Å². The molecule has 1 aliphatic rings. The van der Waals surface area contributed by atoms with E-state index in [-0.39, 0.29) is 17.9 Å². The molecule has 4 N–H and O–H groups in total. The molecule has 0 radical (unpaired) electrons. The van der Waals surface area contributed by atoms with Gasteiger partial charge >= 0.3 is 12.1 Å². The number of hydrogen-bond acceptors (Lipinski definition) is 6. The minimum absolute atomic E-state index is 0.00397. The fraction of sp³-hybridized carbons (Fsp3) is 0.333. The highest BCUT2D eigenvalue weighted by Gasteiger charge is 2.38. The number of para-hydroxylation sites is 1. The SMILES string of the molecule is O=C(N[C@H](Cc1c[nH]c2ccccc12)c1nnc(CCc2ccccc2)n1Cc1ccco1)C1CCNCC1.O=C(O)C(F)(F)F. The zero-order valence-electron chi connectivity index (χ0n) is 25.0. The highest BCUT2D eigenvalue weighted by molar-refractivity contribution is 5.83. The number of aromatic nitrogens is 4. The number of H-pyrrole nitrogens is 1. The van der Waals surface area contributed by atoms with Gasteiger partial charge in [0, 0.05) is 35.9 Å². The molecule has 10 nitrogen and oxygen atoms in total. The van der Waals surface area contributed by atoms with E-state index < -0.39 is 12.1 Å². The number of carboxylic acid groups (broad SMARTS) is 1. The summed E-state index contributed by atoms with van der Waals surface area (Å²) in [6, 6.07) is 22.2. The van der Waals surface area contributed by atoms with Crippen LogP contribution in [-0.2, 0) is 35.4 Å². The molecule has 1 amide bonds. The van der Waals surface area contributed by atoms with E-state index >= 15 is 0 Å². The summed E-state index contributed by atoms with van der Waals surface area (Å²) in [7, 11) is 0. The summed E-state index contributed by atoms with van der Waals surface area (Å²) in [4.78, 5) is 25.8. The zero-order valence-corrected chi connectivity index (χ0v) is 25.0. The Balaban J connectivity index is 0.000000537. The third kappa shape index (κ3) is 8.42. The first-order valence-electron chi connectivity index (χ1n) is 15.0. The highest BCUT2D eigenvalue weighted by atomic mass is 19.4. The Kier molecular flexibility index (Phi) is 10.5. The summed E-state index contributed by atoms with van der Waals surface area (Å²) in [5.74, 6) is -0.220. The maximum atomic E-state index is 13.5. The largest absolute Gasteiger partial charge is 0.490 e. The van der Waals surface area contributed by atoms with Crippen molar-refractivity contribution < 1.29 is 32.3 Å². The monoisotopic (exact) mass is 636 g/mol. The molecular weight excluding hydrogens is 601 g/mol. The first kappa shape index (κ1) is 32.5. The number of aliphatic carboxylic acids is 1. The molecule has 0 unspecified atom stereocenters. The number of amides is 1. The number of alkyl halides is 3. The molecule has 3 aromatic heterocycles. The molecule has 6 rings (SSSR count). The van der Waals surface area contributed by atoms with E-state index in [2.05, 4.69) is 61.7 Å². The van der Waals surface area contributed by atoms with Gasteiger partial charge in [-0.1, -0.05) is 48.5 Å². The maximum absolute atomic E-state index is 13.5. The van der Waals surface area contributed by atoms with Crippen LogP contribution in [-0.4, -0.2) is 56.0 Å². The van der Waals surface area contributed by atoms with Crippen molar-refractivity contribution >= 4 is 22.8 Å². The summed E-state index contributed by atoms with van der Waals surface area (Å²) < 4.78 is 39.6. The lowest BCUT2D eigenvalue weighted by Gasteiger charge is -2.25. The standard InChI is InChI=1S/C31H34N6O2.C2HF3O2/c38-31(23-14-16-32-17-15-23)34-28(19-24-20-33-27-11-5-4-10-26(24)27)30-36-35-29(13-12-22-7-2-1-3-8-22)37(30)21-25-9-6-18-39-25;3-2(4,5)1(6)7/h1-11,18,20,23,28,32-33H,12-17,19,21H2,(H,34,38);(H,6,7)/t28-;/m1./s1. The van der Waals surface area contributed by atoms with Crippen molar-refractivity contribution in [1.29, 1.82) is 0 Å². The Morgan fingerprint density at radius 1 is 1.00 bits per heavy atom. The van der Waals surface area contributed by atoms with Crippen molar-refractivity contribution in [2.24, 2.45) is 5.92 Å². The fourth-order valence-corrected chi connectivity index (χ4v) is 5.52. The number of rotatable bonds is 10. The van der Waals surface area contributed by atoms with E-state index in [4.69, 9.17) is 19.4 Å². The van der Waals surface area contributed by atoms with Gasteiger partial charge in [0.2, 0.25) is 5.91 Å². The summed E-state index contributed by atoms with van der Waals surface area (Å²) in [5, 5.41) is 24.4. The normalized spacial score (nSPS) is 14.4. The molecule has 1 atom stereocenters. The number of nitrogens with zero attached hydrogens (tertiary/aromatic N) is 3. The number of nitrogens with one attached hydrogen (secondary N) is 3. The summed E-state index contributed by atoms with van der Waals surface area (Å²) in [5.41, 5.74) is 3.47. The van der Waals surface area contributed by atoms with Gasteiger partial charge in [-0.25, -0.2) is 4.79 Å². The van der Waals surface area contributed by atoms with Gasteiger partial charge in [-0.2, -0.15) is 13.2 Å². The second-order valence-electron chi connectivity index (χ2n) is 11.1. The van der Waals surface area contributed by atoms with Crippen LogP contribution in [0.15, 0.2) is 83.6 Å². The minimum Gasteiger partial charge on any atom is -0.475 e. The number of hydrogen-bond donors (Lipinski definition) is 4. The lowest BCUT2D eigenvalue weighted by atomic mass is 9.96. The number of aryl methyl sites for hydroxylation is 2. The first-order chi connectivity index (χ1) is 22.2. The van der Waals surface area contributed by atoms with Gasteiger partial charge in [0.25, 0.3) is 0 Å². The maximum Gasteiger partial charge on any atom is 0.490 e. The van der Waals surface area contributed by atoms with Crippen molar-refractivity contribution in [2.45, 2.75) is 50.9 Å². The van der Waals surface area contributed by atoms with Crippen LogP contribution in [0.5, 0.6) is 0 Å². The number of carboxylic acids is 1. The summed E-state index contributed by atoms with van der Waals surface area (Å²) in [6.07, 6.45) is 2.52. The van der Waals surface area contributed by atoms with Gasteiger partial charge in [-0.15, -0.1) is 10.2 Å². The zero-order chi connectivity index (χ0) is 32.5. The lowest BCUT2D eigenvalue weighted by molar-refractivity contribution is -0.192. The van der Waals surface area contributed by atoms with Crippen molar-refractivity contribution in [3.8, 4) is 0 Å². The molecule has 0 bridgehead atoms. The number of piperidine rings is 1.